The molecule has 0 aliphatic heterocycles. The molecule has 2 N–H and O–H groups in total. The van der Waals surface area contributed by atoms with Crippen molar-refractivity contribution in [2.24, 2.45) is 0 Å². The Kier molecular flexibility index (Phi) is 4.36. The summed E-state index contributed by atoms with van der Waals surface area (Å²) in [4.78, 5) is 19.1. The van der Waals surface area contributed by atoms with Crippen LogP contribution in [0.5, 0.6) is 0 Å². The first-order valence-electron chi connectivity index (χ1n) is 9.58. The van der Waals surface area contributed by atoms with Crippen LogP contribution in [-0.2, 0) is 0 Å². The summed E-state index contributed by atoms with van der Waals surface area (Å²) >= 11 is 0. The van der Waals surface area contributed by atoms with E-state index in [0.717, 1.165) is 11.2 Å². The van der Waals surface area contributed by atoms with Crippen LogP contribution in [0.2, 0.25) is 0 Å². The minimum atomic E-state index is -0.531. The molecule has 0 saturated carbocycles. The number of aromatic nitrogens is 5. The van der Waals surface area contributed by atoms with E-state index in [1.54, 1.807) is 29.0 Å². The molecule has 1 amide bonds. The van der Waals surface area contributed by atoms with Crippen LogP contribution >= 0.6 is 0 Å². The van der Waals surface area contributed by atoms with Crippen molar-refractivity contribution >= 4 is 34.0 Å². The molecule has 0 saturated heterocycles. The molecule has 31 heavy (non-hydrogen) atoms. The summed E-state index contributed by atoms with van der Waals surface area (Å²) < 4.78 is 16.7. The van der Waals surface area contributed by atoms with Crippen LogP contribution in [-0.4, -0.2) is 44.8 Å². The highest BCUT2D eigenvalue weighted by Gasteiger charge is 2.19. The van der Waals surface area contributed by atoms with Crippen molar-refractivity contribution in [2.45, 2.75) is 0 Å². The number of carbonyl (C=O) groups is 1. The van der Waals surface area contributed by atoms with Gasteiger partial charge in [0.1, 0.15) is 5.69 Å². The van der Waals surface area contributed by atoms with Gasteiger partial charge in [-0.15, -0.1) is 0 Å². The Bertz CT molecular complexity index is 1440. The number of halogens is 1. The van der Waals surface area contributed by atoms with E-state index in [9.17, 15) is 4.79 Å². The summed E-state index contributed by atoms with van der Waals surface area (Å²) in [5.41, 5.74) is 3.08. The Morgan fingerprint density at radius 1 is 1.16 bits per heavy atom. The monoisotopic (exact) mass is 415 g/mol. The average Bonchev–Trinajstić information content (AvgIpc) is 3.37. The first kappa shape index (κ1) is 18.7. The van der Waals surface area contributed by atoms with Gasteiger partial charge in [-0.2, -0.15) is 10.2 Å². The second-order valence-corrected chi connectivity index (χ2v) is 7.24. The van der Waals surface area contributed by atoms with E-state index < -0.39 is 5.82 Å². The number of para-hydroxylation sites is 1. The number of fused-ring (bicyclic) bond motifs is 2. The maximum atomic E-state index is 15.0. The molecule has 0 radical (unpaired) electrons. The number of nitrogens with one attached hydrogen (secondary N) is 2. The lowest BCUT2D eigenvalue weighted by Gasteiger charge is -2.16. The molecular weight excluding hydrogens is 397 g/mol. The Balaban J connectivity index is 1.53. The highest BCUT2D eigenvalue weighted by Crippen LogP contribution is 2.30. The van der Waals surface area contributed by atoms with Gasteiger partial charge in [0.05, 0.1) is 22.7 Å². The van der Waals surface area contributed by atoms with E-state index in [2.05, 4.69) is 25.6 Å². The van der Waals surface area contributed by atoms with Crippen LogP contribution in [0.3, 0.4) is 0 Å². The molecule has 5 rings (SSSR count). The Labute approximate surface area is 176 Å². The standard InChI is InChI=1S/C22H18FN7O/c1-29(2)17-8-4-3-7-13(17)22(31)26-21-14-11-16(23)19(25-20(14)27-28-21)15-12-24-30-10-6-5-9-18(15)30/h3-12H,1-2H3,(H2,25,26,27,28,31). The normalized spacial score (nSPS) is 11.2. The van der Waals surface area contributed by atoms with Gasteiger partial charge in [0.2, 0.25) is 0 Å². The quantitative estimate of drug-likeness (QED) is 0.467. The predicted octanol–water partition coefficient (Wildman–Crippen LogP) is 3.73. The summed E-state index contributed by atoms with van der Waals surface area (Å²) in [5, 5.41) is 14.3. The SMILES string of the molecule is CN(C)c1ccccc1C(=O)Nc1n[nH]c2nc(-c3cnn4ccccc34)c(F)cc12. The summed E-state index contributed by atoms with van der Waals surface area (Å²) in [6, 6.07) is 14.1. The minimum absolute atomic E-state index is 0.160. The Morgan fingerprint density at radius 3 is 2.81 bits per heavy atom. The minimum Gasteiger partial charge on any atom is -0.377 e. The largest absolute Gasteiger partial charge is 0.377 e. The van der Waals surface area contributed by atoms with Crippen molar-refractivity contribution < 1.29 is 9.18 Å². The fourth-order valence-electron chi connectivity index (χ4n) is 3.56. The number of nitrogens with zero attached hydrogens (tertiary/aromatic N) is 5. The van der Waals surface area contributed by atoms with Gasteiger partial charge in [-0.1, -0.05) is 18.2 Å². The van der Waals surface area contributed by atoms with Crippen LogP contribution in [0.15, 0.2) is 60.9 Å². The van der Waals surface area contributed by atoms with Gasteiger partial charge in [0.25, 0.3) is 5.91 Å². The molecule has 8 nitrogen and oxygen atoms in total. The number of hydrogen-bond donors (Lipinski definition) is 2. The zero-order chi connectivity index (χ0) is 21.5. The fraction of sp³-hybridized carbons (Fsp3) is 0.0909. The first-order valence-corrected chi connectivity index (χ1v) is 9.58. The number of benzene rings is 1. The van der Waals surface area contributed by atoms with E-state index >= 15 is 4.39 Å². The lowest BCUT2D eigenvalue weighted by Crippen LogP contribution is -2.18. The molecule has 0 aliphatic carbocycles. The Morgan fingerprint density at radius 2 is 1.97 bits per heavy atom. The maximum absolute atomic E-state index is 15.0. The number of anilines is 2. The molecule has 0 bridgehead atoms. The summed E-state index contributed by atoms with van der Waals surface area (Å²) in [7, 11) is 3.72. The Hall–Kier alpha value is -4.27. The van der Waals surface area contributed by atoms with E-state index in [1.807, 2.05) is 49.3 Å². The fourth-order valence-corrected chi connectivity index (χ4v) is 3.56. The molecule has 0 atom stereocenters. The lowest BCUT2D eigenvalue weighted by atomic mass is 10.1. The first-order chi connectivity index (χ1) is 15.0. The van der Waals surface area contributed by atoms with Crippen molar-refractivity contribution in [3.05, 3.63) is 72.3 Å². The molecule has 154 valence electrons. The highest BCUT2D eigenvalue weighted by molar-refractivity contribution is 6.10. The molecule has 4 aromatic heterocycles. The smallest absolute Gasteiger partial charge is 0.258 e. The number of carbonyl (C=O) groups excluding carboxylic acids is 1. The number of hydrogen-bond acceptors (Lipinski definition) is 5. The van der Waals surface area contributed by atoms with Crippen LogP contribution < -0.4 is 10.2 Å². The molecule has 4 heterocycles. The van der Waals surface area contributed by atoms with Crippen molar-refractivity contribution in [1.29, 1.82) is 0 Å². The van der Waals surface area contributed by atoms with Gasteiger partial charge in [0, 0.05) is 31.5 Å². The molecule has 9 heteroatoms. The number of H-pyrrole nitrogens is 1. The number of pyridine rings is 2. The van der Waals surface area contributed by atoms with E-state index in [1.165, 1.54) is 6.07 Å². The third-order valence-corrected chi connectivity index (χ3v) is 5.05. The second kappa shape index (κ2) is 7.21. The summed E-state index contributed by atoms with van der Waals surface area (Å²) in [5.74, 6) is -0.659. The predicted molar refractivity (Wildman–Crippen MR) is 117 cm³/mol. The van der Waals surface area contributed by atoms with Gasteiger partial charge in [0.15, 0.2) is 17.3 Å². The van der Waals surface area contributed by atoms with Crippen molar-refractivity contribution in [3.8, 4) is 11.3 Å². The molecule has 1 aromatic carbocycles. The zero-order valence-corrected chi connectivity index (χ0v) is 16.8. The third-order valence-electron chi connectivity index (χ3n) is 5.05. The molecule has 0 unspecified atom stereocenters. The number of amides is 1. The van der Waals surface area contributed by atoms with Gasteiger partial charge in [-0.3, -0.25) is 9.89 Å². The summed E-state index contributed by atoms with van der Waals surface area (Å²) in [6.45, 7) is 0. The maximum Gasteiger partial charge on any atom is 0.258 e. The van der Waals surface area contributed by atoms with Gasteiger partial charge < -0.3 is 10.2 Å². The van der Waals surface area contributed by atoms with Crippen LogP contribution in [0.25, 0.3) is 27.8 Å². The van der Waals surface area contributed by atoms with Crippen molar-refractivity contribution in [1.82, 2.24) is 24.8 Å². The van der Waals surface area contributed by atoms with Gasteiger partial charge in [-0.05, 0) is 30.3 Å². The van der Waals surface area contributed by atoms with Gasteiger partial charge in [-0.25, -0.2) is 13.9 Å². The number of rotatable bonds is 4. The van der Waals surface area contributed by atoms with Crippen molar-refractivity contribution in [2.75, 3.05) is 24.3 Å². The molecule has 0 aliphatic rings. The highest BCUT2D eigenvalue weighted by atomic mass is 19.1. The van der Waals surface area contributed by atoms with Gasteiger partial charge >= 0.3 is 0 Å². The topological polar surface area (TPSA) is 91.2 Å². The average molecular weight is 415 g/mol. The van der Waals surface area contributed by atoms with Crippen LogP contribution in [0.4, 0.5) is 15.9 Å². The summed E-state index contributed by atoms with van der Waals surface area (Å²) in [6.07, 6.45) is 3.36. The lowest BCUT2D eigenvalue weighted by molar-refractivity contribution is 0.102. The molecule has 0 fully saturated rings. The number of aromatic amines is 1. The zero-order valence-electron chi connectivity index (χ0n) is 16.8. The van der Waals surface area contributed by atoms with Crippen molar-refractivity contribution in [3.63, 3.8) is 0 Å². The van der Waals surface area contributed by atoms with Crippen LogP contribution in [0.1, 0.15) is 10.4 Å². The molecule has 5 aromatic rings. The van der Waals surface area contributed by atoms with E-state index in [-0.39, 0.29) is 17.4 Å². The van der Waals surface area contributed by atoms with E-state index in [4.69, 9.17) is 0 Å². The second-order valence-electron chi connectivity index (χ2n) is 7.24. The molecular formula is C22H18FN7O. The third kappa shape index (κ3) is 3.16. The molecule has 0 spiro atoms. The van der Waals surface area contributed by atoms with Crippen LogP contribution in [0, 0.1) is 5.82 Å². The van der Waals surface area contributed by atoms with E-state index in [0.29, 0.717) is 22.2 Å².